The van der Waals surface area contributed by atoms with Gasteiger partial charge in [-0.15, -0.1) is 0 Å². The molecular formula is C22H28O3. The van der Waals surface area contributed by atoms with Crippen LogP contribution in [0.3, 0.4) is 0 Å². The number of aliphatic hydroxyl groups is 1. The molecule has 0 bridgehead atoms. The molecule has 0 saturated heterocycles. The van der Waals surface area contributed by atoms with Gasteiger partial charge in [-0.2, -0.15) is 0 Å². The molecule has 3 nitrogen and oxygen atoms in total. The molecule has 25 heavy (non-hydrogen) atoms. The van der Waals surface area contributed by atoms with Gasteiger partial charge in [0, 0.05) is 6.42 Å². The Kier molecular flexibility index (Phi) is 8.20. The van der Waals surface area contributed by atoms with Crippen molar-refractivity contribution < 1.29 is 14.6 Å². The average Bonchev–Trinajstić information content (AvgIpc) is 2.66. The van der Waals surface area contributed by atoms with E-state index in [1.807, 2.05) is 30.3 Å². The molecule has 134 valence electrons. The van der Waals surface area contributed by atoms with Gasteiger partial charge in [0.1, 0.15) is 0 Å². The third kappa shape index (κ3) is 7.10. The third-order valence-corrected chi connectivity index (χ3v) is 4.47. The topological polar surface area (TPSA) is 46.5 Å². The Morgan fingerprint density at radius 3 is 2.24 bits per heavy atom. The van der Waals surface area contributed by atoms with Crippen molar-refractivity contribution in [2.24, 2.45) is 0 Å². The molecule has 0 aliphatic heterocycles. The molecule has 0 aromatic heterocycles. The van der Waals surface area contributed by atoms with Crippen LogP contribution >= 0.6 is 0 Å². The fourth-order valence-corrected chi connectivity index (χ4v) is 2.92. The van der Waals surface area contributed by atoms with Gasteiger partial charge in [0.25, 0.3) is 0 Å². The van der Waals surface area contributed by atoms with Gasteiger partial charge >= 0.3 is 5.97 Å². The maximum atomic E-state index is 11.1. The molecular weight excluding hydrogens is 312 g/mol. The van der Waals surface area contributed by atoms with E-state index in [2.05, 4.69) is 29.0 Å². The summed E-state index contributed by atoms with van der Waals surface area (Å²) >= 11 is 0. The van der Waals surface area contributed by atoms with Gasteiger partial charge < -0.3 is 9.84 Å². The van der Waals surface area contributed by atoms with Crippen molar-refractivity contribution in [3.05, 3.63) is 71.3 Å². The van der Waals surface area contributed by atoms with E-state index in [9.17, 15) is 9.90 Å². The van der Waals surface area contributed by atoms with Crippen molar-refractivity contribution in [2.75, 3.05) is 7.11 Å². The third-order valence-electron chi connectivity index (χ3n) is 4.47. The highest BCUT2D eigenvalue weighted by molar-refractivity contribution is 5.69. The van der Waals surface area contributed by atoms with E-state index in [1.54, 1.807) is 0 Å². The maximum Gasteiger partial charge on any atom is 0.305 e. The lowest BCUT2D eigenvalue weighted by Crippen LogP contribution is -2.01. The SMILES string of the molecule is COC(=O)CCCc1ccc(C(O)CCCCc2ccccc2)cc1. The minimum Gasteiger partial charge on any atom is -0.469 e. The van der Waals surface area contributed by atoms with Gasteiger partial charge in [0.15, 0.2) is 0 Å². The lowest BCUT2D eigenvalue weighted by molar-refractivity contribution is -0.140. The van der Waals surface area contributed by atoms with Crippen LogP contribution in [-0.2, 0) is 22.4 Å². The molecule has 0 amide bonds. The second kappa shape index (κ2) is 10.7. The largest absolute Gasteiger partial charge is 0.469 e. The first-order valence-electron chi connectivity index (χ1n) is 9.06. The summed E-state index contributed by atoms with van der Waals surface area (Å²) in [7, 11) is 1.42. The average molecular weight is 340 g/mol. The van der Waals surface area contributed by atoms with Crippen molar-refractivity contribution in [2.45, 2.75) is 51.0 Å². The standard InChI is InChI=1S/C22H28O3/c1-25-22(24)13-7-11-19-14-16-20(17-15-19)21(23)12-6-5-10-18-8-3-2-4-9-18/h2-4,8-9,14-17,21,23H,5-7,10-13H2,1H3. The summed E-state index contributed by atoms with van der Waals surface area (Å²) in [6.07, 6.45) is 5.63. The number of carbonyl (C=O) groups excluding carboxylic acids is 1. The molecule has 1 atom stereocenters. The van der Waals surface area contributed by atoms with Crippen LogP contribution in [0.15, 0.2) is 54.6 Å². The normalized spacial score (nSPS) is 11.9. The van der Waals surface area contributed by atoms with E-state index in [4.69, 9.17) is 0 Å². The van der Waals surface area contributed by atoms with E-state index in [0.29, 0.717) is 6.42 Å². The molecule has 0 radical (unpaired) electrons. The molecule has 2 aromatic rings. The first-order valence-corrected chi connectivity index (χ1v) is 9.06. The summed E-state index contributed by atoms with van der Waals surface area (Å²) in [5.74, 6) is -0.164. The van der Waals surface area contributed by atoms with Crippen molar-refractivity contribution >= 4 is 5.97 Å². The molecule has 0 aliphatic rings. The van der Waals surface area contributed by atoms with Crippen molar-refractivity contribution in [1.29, 1.82) is 0 Å². The van der Waals surface area contributed by atoms with Crippen molar-refractivity contribution in [3.8, 4) is 0 Å². The van der Waals surface area contributed by atoms with Crippen LogP contribution in [0.2, 0.25) is 0 Å². The summed E-state index contributed by atoms with van der Waals surface area (Å²) < 4.78 is 4.64. The van der Waals surface area contributed by atoms with Crippen LogP contribution in [-0.4, -0.2) is 18.2 Å². The van der Waals surface area contributed by atoms with Crippen LogP contribution < -0.4 is 0 Å². The van der Waals surface area contributed by atoms with Crippen LogP contribution in [0.25, 0.3) is 0 Å². The van der Waals surface area contributed by atoms with Crippen LogP contribution in [0.4, 0.5) is 0 Å². The summed E-state index contributed by atoms with van der Waals surface area (Å²) in [5, 5.41) is 10.3. The number of esters is 1. The number of ether oxygens (including phenoxy) is 1. The number of aliphatic hydroxyl groups excluding tert-OH is 1. The van der Waals surface area contributed by atoms with E-state index >= 15 is 0 Å². The van der Waals surface area contributed by atoms with E-state index < -0.39 is 6.10 Å². The number of hydrogen-bond acceptors (Lipinski definition) is 3. The summed E-state index contributed by atoms with van der Waals surface area (Å²) in [4.78, 5) is 11.1. The zero-order chi connectivity index (χ0) is 17.9. The number of carbonyl (C=O) groups is 1. The molecule has 0 heterocycles. The van der Waals surface area contributed by atoms with Gasteiger partial charge in [-0.1, -0.05) is 61.0 Å². The van der Waals surface area contributed by atoms with Gasteiger partial charge in [0.05, 0.1) is 13.2 Å². The Morgan fingerprint density at radius 1 is 0.920 bits per heavy atom. The number of unbranched alkanes of at least 4 members (excludes halogenated alkanes) is 1. The molecule has 2 aromatic carbocycles. The zero-order valence-electron chi connectivity index (χ0n) is 15.0. The Bertz CT molecular complexity index is 619. The summed E-state index contributed by atoms with van der Waals surface area (Å²) in [6, 6.07) is 18.5. The van der Waals surface area contributed by atoms with Crippen molar-refractivity contribution in [1.82, 2.24) is 0 Å². The predicted octanol–water partition coefficient (Wildman–Crippen LogP) is 4.63. The minimum atomic E-state index is -0.403. The number of rotatable bonds is 10. The Labute approximate surface area is 150 Å². The second-order valence-electron chi connectivity index (χ2n) is 6.42. The number of methoxy groups -OCH3 is 1. The second-order valence-corrected chi connectivity index (χ2v) is 6.42. The number of aryl methyl sites for hydroxylation is 2. The minimum absolute atomic E-state index is 0.164. The summed E-state index contributed by atoms with van der Waals surface area (Å²) in [6.45, 7) is 0. The smallest absolute Gasteiger partial charge is 0.305 e. The predicted molar refractivity (Wildman–Crippen MR) is 100 cm³/mol. The molecule has 0 saturated carbocycles. The quantitative estimate of drug-likeness (QED) is 0.507. The molecule has 0 fully saturated rings. The van der Waals surface area contributed by atoms with E-state index in [-0.39, 0.29) is 5.97 Å². The molecule has 1 unspecified atom stereocenters. The zero-order valence-corrected chi connectivity index (χ0v) is 15.0. The molecule has 0 aliphatic carbocycles. The van der Waals surface area contributed by atoms with Gasteiger partial charge in [-0.25, -0.2) is 0 Å². The Hall–Kier alpha value is -2.13. The number of hydrogen-bond donors (Lipinski definition) is 1. The molecule has 0 spiro atoms. The number of benzene rings is 2. The molecule has 2 rings (SSSR count). The van der Waals surface area contributed by atoms with Crippen molar-refractivity contribution in [3.63, 3.8) is 0 Å². The monoisotopic (exact) mass is 340 g/mol. The van der Waals surface area contributed by atoms with E-state index in [1.165, 1.54) is 18.2 Å². The van der Waals surface area contributed by atoms with Gasteiger partial charge in [0.2, 0.25) is 0 Å². The van der Waals surface area contributed by atoms with Crippen LogP contribution in [0.5, 0.6) is 0 Å². The Balaban J connectivity index is 1.68. The molecule has 3 heteroatoms. The Morgan fingerprint density at radius 2 is 1.56 bits per heavy atom. The highest BCUT2D eigenvalue weighted by Crippen LogP contribution is 2.21. The fourth-order valence-electron chi connectivity index (χ4n) is 2.92. The highest BCUT2D eigenvalue weighted by Gasteiger charge is 2.07. The first-order chi connectivity index (χ1) is 12.2. The van der Waals surface area contributed by atoms with Gasteiger partial charge in [-0.3, -0.25) is 4.79 Å². The van der Waals surface area contributed by atoms with Crippen LogP contribution in [0, 0.1) is 0 Å². The maximum absolute atomic E-state index is 11.1. The summed E-state index contributed by atoms with van der Waals surface area (Å²) in [5.41, 5.74) is 3.51. The molecule has 1 N–H and O–H groups in total. The van der Waals surface area contributed by atoms with Crippen LogP contribution in [0.1, 0.15) is 54.9 Å². The first kappa shape index (κ1) is 19.2. The lowest BCUT2D eigenvalue weighted by Gasteiger charge is -2.12. The highest BCUT2D eigenvalue weighted by atomic mass is 16.5. The lowest BCUT2D eigenvalue weighted by atomic mass is 9.99. The van der Waals surface area contributed by atoms with E-state index in [0.717, 1.165) is 44.1 Å². The van der Waals surface area contributed by atoms with Gasteiger partial charge in [-0.05, 0) is 48.8 Å². The fraction of sp³-hybridized carbons (Fsp3) is 0.409.